The topological polar surface area (TPSA) is 145 Å². The number of aromatic amines is 2. The van der Waals surface area contributed by atoms with Crippen LogP contribution in [0.4, 0.5) is 13.2 Å². The summed E-state index contributed by atoms with van der Waals surface area (Å²) in [5, 5.41) is -0.533. The van der Waals surface area contributed by atoms with Gasteiger partial charge < -0.3 is 19.2 Å². The number of halogens is 3. The van der Waals surface area contributed by atoms with Gasteiger partial charge >= 0.3 is 17.8 Å². The minimum Gasteiger partial charge on any atom is -0.474 e. The Labute approximate surface area is 216 Å². The fraction of sp³-hybridized carbons (Fsp3) is 0.304. The van der Waals surface area contributed by atoms with Crippen LogP contribution in [0.3, 0.4) is 0 Å². The van der Waals surface area contributed by atoms with Crippen molar-refractivity contribution in [2.24, 2.45) is 0 Å². The van der Waals surface area contributed by atoms with Gasteiger partial charge in [-0.3, -0.25) is 19.1 Å². The van der Waals surface area contributed by atoms with Crippen LogP contribution in [-0.2, 0) is 20.4 Å². The number of carbonyl (C=O) groups excluding carboxylic acids is 2. The Kier molecular flexibility index (Phi) is 7.59. The zero-order valence-electron chi connectivity index (χ0n) is 19.5. The van der Waals surface area contributed by atoms with E-state index in [4.69, 9.17) is 26.4 Å². The van der Waals surface area contributed by atoms with Gasteiger partial charge in [0.25, 0.3) is 11.3 Å². The first-order valence-electron chi connectivity index (χ1n) is 11.0. The number of hydrogen-bond donors (Lipinski definition) is 2. The normalized spacial score (nSPS) is 19.2. The van der Waals surface area contributed by atoms with Gasteiger partial charge in [0.05, 0.1) is 5.56 Å². The second-order valence-corrected chi connectivity index (χ2v) is 8.62. The number of imidazole rings is 1. The molecule has 3 heterocycles. The summed E-state index contributed by atoms with van der Waals surface area (Å²) in [6.45, 7) is 1.38. The highest BCUT2D eigenvalue weighted by Gasteiger charge is 2.42. The maximum Gasteiger partial charge on any atom is 0.423 e. The van der Waals surface area contributed by atoms with Crippen molar-refractivity contribution in [1.29, 1.82) is 0 Å². The summed E-state index contributed by atoms with van der Waals surface area (Å²) in [5.41, 5.74) is -3.25. The molecular formula is C23H19F3N4O7S. The largest absolute Gasteiger partial charge is 0.474 e. The maximum atomic E-state index is 13.3. The molecule has 4 rings (SSSR count). The monoisotopic (exact) mass is 552 g/mol. The fourth-order valence-corrected chi connectivity index (χ4v) is 3.87. The highest BCUT2D eigenvalue weighted by atomic mass is 32.1. The summed E-state index contributed by atoms with van der Waals surface area (Å²) in [4.78, 5) is 56.9. The molecule has 15 heteroatoms. The van der Waals surface area contributed by atoms with Gasteiger partial charge in [-0.05, 0) is 31.3 Å². The Bertz CT molecular complexity index is 1470. The van der Waals surface area contributed by atoms with Gasteiger partial charge in [-0.15, -0.1) is 0 Å². The van der Waals surface area contributed by atoms with E-state index in [0.29, 0.717) is 10.8 Å². The molecule has 1 fully saturated rings. The second kappa shape index (κ2) is 10.7. The smallest absolute Gasteiger partial charge is 0.423 e. The van der Waals surface area contributed by atoms with Gasteiger partial charge in [0.15, 0.2) is 5.82 Å². The molecule has 0 spiro atoms. The number of H-pyrrole nitrogens is 2. The molecule has 0 radical (unpaired) electrons. The molecule has 2 aromatic heterocycles. The summed E-state index contributed by atoms with van der Waals surface area (Å²) >= 11 is 5.05. The lowest BCUT2D eigenvalue weighted by Gasteiger charge is -2.19. The van der Waals surface area contributed by atoms with Crippen molar-refractivity contribution in [2.75, 3.05) is 6.61 Å². The molecule has 0 saturated carbocycles. The number of rotatable bonds is 7. The number of ketones is 1. The van der Waals surface area contributed by atoms with Crippen LogP contribution in [0.15, 0.2) is 52.4 Å². The Morgan fingerprint density at radius 1 is 1.24 bits per heavy atom. The number of hydrogen-bond acceptors (Lipinski definition) is 9. The van der Waals surface area contributed by atoms with Crippen molar-refractivity contribution in [3.8, 4) is 0 Å². The van der Waals surface area contributed by atoms with Crippen molar-refractivity contribution in [3.63, 3.8) is 0 Å². The van der Waals surface area contributed by atoms with E-state index in [1.165, 1.54) is 12.4 Å². The first kappa shape index (κ1) is 26.9. The molecule has 0 unspecified atom stereocenters. The number of ether oxygens (including phenoxy) is 3. The highest BCUT2D eigenvalue weighted by molar-refractivity contribution is 7.81. The van der Waals surface area contributed by atoms with E-state index in [2.05, 4.69) is 9.97 Å². The molecule has 0 aliphatic carbocycles. The molecule has 1 aliphatic heterocycles. The molecule has 0 bridgehead atoms. The van der Waals surface area contributed by atoms with Crippen molar-refractivity contribution < 1.29 is 37.0 Å². The van der Waals surface area contributed by atoms with Gasteiger partial charge in [-0.1, -0.05) is 17.7 Å². The number of esters is 1. The van der Waals surface area contributed by atoms with Crippen LogP contribution in [0.1, 0.15) is 44.8 Å². The molecule has 3 aromatic rings. The van der Waals surface area contributed by atoms with E-state index in [9.17, 15) is 32.3 Å². The van der Waals surface area contributed by atoms with E-state index in [1.54, 1.807) is 29.2 Å². The van der Waals surface area contributed by atoms with Gasteiger partial charge in [-0.25, -0.2) is 14.6 Å². The van der Waals surface area contributed by atoms with Crippen molar-refractivity contribution in [3.05, 3.63) is 86.2 Å². The highest BCUT2D eigenvalue weighted by Crippen LogP contribution is 2.32. The number of benzene rings is 1. The summed E-state index contributed by atoms with van der Waals surface area (Å²) < 4.78 is 56.9. The van der Waals surface area contributed by atoms with E-state index >= 15 is 0 Å². The number of nitrogens with one attached hydrogen (secondary N) is 2. The predicted octanol–water partition coefficient (Wildman–Crippen LogP) is 2.33. The van der Waals surface area contributed by atoms with Crippen LogP contribution in [-0.4, -0.2) is 55.1 Å². The maximum absolute atomic E-state index is 13.3. The average Bonchev–Trinajstić information content (AvgIpc) is 3.52. The second-order valence-electron chi connectivity index (χ2n) is 8.25. The number of thiocarbonyl (C=S) groups is 1. The van der Waals surface area contributed by atoms with Crippen LogP contribution >= 0.6 is 12.2 Å². The first-order valence-corrected chi connectivity index (χ1v) is 11.4. The molecule has 11 nitrogen and oxygen atoms in total. The van der Waals surface area contributed by atoms with E-state index < -0.39 is 64.8 Å². The first-order chi connectivity index (χ1) is 17.9. The van der Waals surface area contributed by atoms with Crippen LogP contribution in [0, 0.1) is 6.92 Å². The molecule has 38 heavy (non-hydrogen) atoms. The zero-order valence-corrected chi connectivity index (χ0v) is 20.3. The van der Waals surface area contributed by atoms with Gasteiger partial charge in [0, 0.05) is 25.0 Å². The Morgan fingerprint density at radius 3 is 2.58 bits per heavy atom. The SMILES string of the molecule is Cc1ccc(C(=O)OC[C@H]2O[C@@H](n3cc(C(F)(F)F)c(=O)[nH]c3=O)C[C@@H]2OC(=S)C(=O)c2ncc[nH]2)cc1. The minimum atomic E-state index is -5.04. The van der Waals surface area contributed by atoms with Gasteiger partial charge in [0.2, 0.25) is 5.05 Å². The van der Waals surface area contributed by atoms with Gasteiger partial charge in [0.1, 0.15) is 30.6 Å². The molecule has 1 aromatic carbocycles. The lowest BCUT2D eigenvalue weighted by Crippen LogP contribution is -2.36. The standard InChI is InChI=1S/C23H19F3N4O7S/c1-11-2-4-12(5-3-11)20(33)35-10-15-14(37-21(38)17(31)18-27-6-7-28-18)8-16(36-15)30-9-13(23(24,25)26)19(32)29-22(30)34/h2-7,9,14-16H,8,10H2,1H3,(H,27,28)(H,29,32,34)/t14-,15+,16+/m0/s1. The summed E-state index contributed by atoms with van der Waals surface area (Å²) in [6, 6.07) is 6.48. The molecule has 3 atom stereocenters. The van der Waals surface area contributed by atoms with Crippen molar-refractivity contribution in [2.45, 2.75) is 38.0 Å². The van der Waals surface area contributed by atoms with E-state index in [-0.39, 0.29) is 17.8 Å². The fourth-order valence-electron chi connectivity index (χ4n) is 3.65. The number of nitrogens with zero attached hydrogens (tertiary/aromatic N) is 2. The summed E-state index contributed by atoms with van der Waals surface area (Å²) in [6.07, 6.45) is -5.93. The minimum absolute atomic E-state index is 0.112. The Hall–Kier alpha value is -4.11. The van der Waals surface area contributed by atoms with E-state index in [1.807, 2.05) is 6.92 Å². The number of carbonyl (C=O) groups is 2. The third-order valence-electron chi connectivity index (χ3n) is 5.59. The van der Waals surface area contributed by atoms with Crippen LogP contribution in [0.2, 0.25) is 0 Å². The molecule has 200 valence electrons. The molecule has 0 amide bonds. The average molecular weight is 552 g/mol. The zero-order chi connectivity index (χ0) is 27.6. The number of aromatic nitrogens is 4. The van der Waals surface area contributed by atoms with Crippen molar-refractivity contribution >= 4 is 29.0 Å². The Morgan fingerprint density at radius 2 is 1.95 bits per heavy atom. The van der Waals surface area contributed by atoms with Crippen LogP contribution in [0.5, 0.6) is 0 Å². The van der Waals surface area contributed by atoms with Crippen LogP contribution in [0.25, 0.3) is 0 Å². The molecule has 1 aliphatic rings. The number of Topliss-reactive ketones (excluding diaryl/α,β-unsaturated/α-hetero) is 1. The quantitative estimate of drug-likeness (QED) is 0.256. The lowest BCUT2D eigenvalue weighted by molar-refractivity contribution is -0.139. The lowest BCUT2D eigenvalue weighted by atomic mass is 10.1. The molecular weight excluding hydrogens is 533 g/mol. The van der Waals surface area contributed by atoms with Crippen LogP contribution < -0.4 is 11.2 Å². The summed E-state index contributed by atoms with van der Waals surface area (Å²) in [5.74, 6) is -1.60. The Balaban J connectivity index is 1.57. The number of aryl methyl sites for hydroxylation is 1. The summed E-state index contributed by atoms with van der Waals surface area (Å²) in [7, 11) is 0. The van der Waals surface area contributed by atoms with Crippen molar-refractivity contribution in [1.82, 2.24) is 19.5 Å². The third kappa shape index (κ3) is 5.89. The molecule has 1 saturated heterocycles. The third-order valence-corrected chi connectivity index (χ3v) is 5.87. The number of alkyl halides is 3. The van der Waals surface area contributed by atoms with Gasteiger partial charge in [-0.2, -0.15) is 13.2 Å². The molecule has 2 N–H and O–H groups in total. The predicted molar refractivity (Wildman–Crippen MR) is 127 cm³/mol. The van der Waals surface area contributed by atoms with E-state index in [0.717, 1.165) is 5.56 Å².